The Labute approximate surface area is 903 Å². The van der Waals surface area contributed by atoms with Crippen LogP contribution in [0.1, 0.15) is 198 Å². The summed E-state index contributed by atoms with van der Waals surface area (Å²) in [5.41, 5.74) is 2.81. The van der Waals surface area contributed by atoms with Crippen LogP contribution in [0.5, 0.6) is 0 Å². The van der Waals surface area contributed by atoms with Crippen LogP contribution in [0, 0.1) is 0 Å². The minimum Gasteiger partial charge on any atom is -0.456 e. The molecule has 9 rings (SSSR count). The number of benzene rings is 1. The van der Waals surface area contributed by atoms with Gasteiger partial charge in [-0.2, -0.15) is 0 Å². The second-order valence-electron chi connectivity index (χ2n) is 32.4. The van der Waals surface area contributed by atoms with Crippen LogP contribution in [0.4, 0.5) is 0 Å². The summed E-state index contributed by atoms with van der Waals surface area (Å²) in [6.07, 6.45) is 24.4. The lowest BCUT2D eigenvalue weighted by atomic mass is 10.1. The number of hydrogen-bond acceptors (Lipinski definition) is 36. The molecule has 804 valence electrons. The van der Waals surface area contributed by atoms with Crippen molar-refractivity contribution in [2.45, 2.75) is 228 Å². The second-order valence-corrected chi connectivity index (χ2v) is 40.9. The average molecular weight is 2210 g/mol. The van der Waals surface area contributed by atoms with Gasteiger partial charge in [0, 0.05) is 76.7 Å². The summed E-state index contributed by atoms with van der Waals surface area (Å²) in [5.74, 6) is -7.40. The molecule has 4 aliphatic rings. The summed E-state index contributed by atoms with van der Waals surface area (Å²) in [6.45, 7) is 16.8. The van der Waals surface area contributed by atoms with E-state index in [2.05, 4.69) is 83.7 Å². The van der Waals surface area contributed by atoms with Crippen LogP contribution in [0.25, 0.3) is 0 Å². The van der Waals surface area contributed by atoms with Crippen LogP contribution >= 0.6 is 94.1 Å². The highest BCUT2D eigenvalue weighted by atomic mass is 32.2. The molecule has 0 aliphatic carbocycles. The molecule has 0 radical (unpaired) electrons. The van der Waals surface area contributed by atoms with E-state index in [1.54, 1.807) is 131 Å². The van der Waals surface area contributed by atoms with Crippen LogP contribution in [0.15, 0.2) is 194 Å². The summed E-state index contributed by atoms with van der Waals surface area (Å²) >= 11 is 10.2. The number of allylic oxidation sites excluding steroid dienone is 8. The van der Waals surface area contributed by atoms with Crippen molar-refractivity contribution >= 4 is 209 Å². The Morgan fingerprint density at radius 3 is 1.02 bits per heavy atom. The average Bonchev–Trinajstić information content (AvgIpc) is 0.845. The first kappa shape index (κ1) is 125. The van der Waals surface area contributed by atoms with E-state index in [4.69, 9.17) is 18.9 Å². The Morgan fingerprint density at radius 2 is 0.673 bits per heavy atom. The van der Waals surface area contributed by atoms with E-state index in [0.29, 0.717) is 81.3 Å². The van der Waals surface area contributed by atoms with Gasteiger partial charge >= 0.3 is 23.9 Å². The first-order valence-corrected chi connectivity index (χ1v) is 55.9. The van der Waals surface area contributed by atoms with E-state index >= 15 is 0 Å². The number of rotatable bonds is 22. The van der Waals surface area contributed by atoms with Gasteiger partial charge in [-0.05, 0) is 178 Å². The van der Waals surface area contributed by atoms with Gasteiger partial charge in [0.2, 0.25) is 23.6 Å². The van der Waals surface area contributed by atoms with Gasteiger partial charge in [0.1, 0.15) is 94.1 Å². The number of nitrogens with zero attached hydrogens (tertiary/aromatic N) is 4. The Bertz CT molecular complexity index is 5990. The van der Waals surface area contributed by atoms with Gasteiger partial charge in [-0.1, -0.05) is 126 Å². The minimum absolute atomic E-state index is 0.00228. The van der Waals surface area contributed by atoms with Crippen molar-refractivity contribution < 1.29 is 115 Å². The molecule has 40 nitrogen and oxygen atoms in total. The van der Waals surface area contributed by atoms with E-state index in [9.17, 15) is 95.9 Å². The minimum atomic E-state index is -1.12. The number of nitrogens with one attached hydrogen (secondary N) is 12. The van der Waals surface area contributed by atoms with Crippen LogP contribution in [-0.4, -0.2) is 232 Å². The molecule has 8 atom stereocenters. The molecule has 0 unspecified atom stereocenters. The largest absolute Gasteiger partial charge is 0.456 e. The number of thioether (sulfide) groups is 8. The van der Waals surface area contributed by atoms with E-state index < -0.39 is 137 Å². The Kier molecular flexibility index (Phi) is 56.0. The third-order valence-corrected chi connectivity index (χ3v) is 27.2. The zero-order valence-electron chi connectivity index (χ0n) is 85.4. The van der Waals surface area contributed by atoms with Gasteiger partial charge < -0.3 is 82.7 Å². The lowest BCUT2D eigenvalue weighted by molar-refractivity contribution is -0.152. The fraction of sp³-hybridized carbons (Fsp3) is 0.392. The van der Waals surface area contributed by atoms with Crippen molar-refractivity contribution in [3.63, 3.8) is 0 Å². The molecule has 0 fully saturated rings. The number of carbonyl (C=O) groups is 20. The van der Waals surface area contributed by atoms with Crippen LogP contribution < -0.4 is 63.8 Å². The lowest BCUT2D eigenvalue weighted by Crippen LogP contribution is -2.47. The highest BCUT2D eigenvalue weighted by Gasteiger charge is 2.34. The van der Waals surface area contributed by atoms with E-state index in [1.807, 2.05) is 42.8 Å². The molecule has 150 heavy (non-hydrogen) atoms. The standard InChI is InChI=1S/C30H34N4O6S2.3C24H30N4O6S2/c1-4-23-28(37)34-24(16-20-10-6-5-7-11-20)30(39)40-22(12-8-9-15-42-19(2)35)17-26(36)31-18-21-13-14-25(41-3)27(32-21)29(38)33-23;1-5-18-22(31)26-14(2)24(33)34-17(8-6-7-11-36-15(3)29)12-20(30)25-13-16-9-10-19(35-4)21(27-16)23(32)28-18;1-5-17-22(31)26-14(2)24(33)34-16(8-6-7-11-36-15(3)29)12-21(30)25-13-19-20(35-4)10-9-18(27-19)23(32)28-17;1-5-19-22(31)26-14(2)24(33)34-17(8-6-7-9-36-15(3)29)11-21(30)25-13-16-10-18(35-4)12-20(27-16)23(32)28-19/h4-8,10-14,22,24H,9,15-18H2,1-3H3,(H,31,36)(H,33,38)(H,34,37);5-6,8-10,14,17H,7,11-13H2,1-4H3,(H,25,30)(H,26,31)(H,28,32);5-6,8-10,14,16H,7,11-13H2,1-4H3,(H,25,30)(H,26,31)(H,28,32);5-6,8,10,12,14,17H,7,9,11,13H2,1-4H3,(H,25,30)(H,26,31)(H,28,32)/b12-8+,23-4-;8-6+,18-5-;8-6+,17-5-;8-6+,19-5-/t22-,24+;14-,17+;14-,16+;14-,17+/m1000/s1. The topological polar surface area (TPSA) is 574 Å². The smallest absolute Gasteiger partial charge is 0.329 e. The number of ether oxygens (including phenoxy) is 4. The molecule has 12 N–H and O–H groups in total. The lowest BCUT2D eigenvalue weighted by Gasteiger charge is -2.22. The number of carbonyl (C=O) groups excluding carboxylic acids is 20. The summed E-state index contributed by atoms with van der Waals surface area (Å²) in [7, 11) is 0. The van der Waals surface area contributed by atoms with Gasteiger partial charge in [0.25, 0.3) is 47.3 Å². The monoisotopic (exact) mass is 2210 g/mol. The summed E-state index contributed by atoms with van der Waals surface area (Å²) in [6, 6.07) is 18.3. The van der Waals surface area contributed by atoms with Gasteiger partial charge in [-0.25, -0.2) is 39.1 Å². The van der Waals surface area contributed by atoms with Crippen molar-refractivity contribution in [3.8, 4) is 0 Å². The zero-order chi connectivity index (χ0) is 110. The molecule has 1 aromatic carbocycles. The summed E-state index contributed by atoms with van der Waals surface area (Å²) in [5, 5.41) is 31.4. The Morgan fingerprint density at radius 1 is 0.347 bits per heavy atom. The summed E-state index contributed by atoms with van der Waals surface area (Å²) in [4.78, 5) is 270. The van der Waals surface area contributed by atoms with Crippen LogP contribution in [0.3, 0.4) is 0 Å². The van der Waals surface area contributed by atoms with Gasteiger partial charge in [0.05, 0.1) is 74.6 Å². The molecule has 4 aliphatic heterocycles. The number of aromatic nitrogens is 4. The van der Waals surface area contributed by atoms with Crippen molar-refractivity contribution in [3.05, 3.63) is 226 Å². The van der Waals surface area contributed by atoms with Crippen LogP contribution in [0.2, 0.25) is 0 Å². The molecular weight excluding hydrogens is 2090 g/mol. The number of hydrogen-bond donors (Lipinski definition) is 12. The number of cyclic esters (lactones) is 4. The Balaban J connectivity index is 0.000000306. The quantitative estimate of drug-likeness (QED) is 0.00765. The van der Waals surface area contributed by atoms with E-state index in [0.717, 1.165) is 15.4 Å². The molecule has 0 spiro atoms. The molecule has 48 heteroatoms. The third kappa shape index (κ3) is 45.7. The van der Waals surface area contributed by atoms with Crippen molar-refractivity contribution in [1.29, 1.82) is 0 Å². The zero-order valence-corrected chi connectivity index (χ0v) is 92.0. The predicted molar refractivity (Wildman–Crippen MR) is 577 cm³/mol. The van der Waals surface area contributed by atoms with Crippen molar-refractivity contribution in [2.24, 2.45) is 0 Å². The fourth-order valence-corrected chi connectivity index (χ4v) is 17.4. The molecule has 5 aromatic rings. The normalized spacial score (nSPS) is 20.7. The van der Waals surface area contributed by atoms with Gasteiger partial charge in [-0.3, -0.25) is 76.7 Å². The molecule has 8 heterocycles. The molecule has 4 aromatic heterocycles. The number of fused-ring (bicyclic) bond motifs is 8. The molecule has 8 bridgehead atoms. The third-order valence-electron chi connectivity index (χ3n) is 20.7. The second kappa shape index (κ2) is 67.0. The molecular formula is C102H124N16O24S8. The van der Waals surface area contributed by atoms with Crippen LogP contribution in [-0.2, 0) is 128 Å². The van der Waals surface area contributed by atoms with E-state index in [1.165, 1.54) is 173 Å². The van der Waals surface area contributed by atoms with Gasteiger partial charge in [-0.15, -0.1) is 47.0 Å². The fourth-order valence-electron chi connectivity index (χ4n) is 13.1. The van der Waals surface area contributed by atoms with Crippen molar-refractivity contribution in [2.75, 3.05) is 48.0 Å². The van der Waals surface area contributed by atoms with Crippen molar-refractivity contribution in [1.82, 2.24) is 83.7 Å². The SMILES string of the molecule is C/C=C1\NC(=O)c2cc(SC)cc(n2)CNC(=O)C[C@@H](/C=C/CCSC(C)=O)OC(=O)[C@H](C)NC1=O.C/C=C1\NC(=O)c2ccc(SC)c(n2)CNC(=O)C[C@@H](/C=C/CCSC(C)=O)OC(=O)[C@H](C)NC1=O.C/C=C1\NC(=O)c2nc(ccc2SC)CNC(=O)C[C@@H](/C=C/CCSC(C)=O)OC(=O)[C@H](C)NC1=O.C/C=C1\NC(=O)c2nc(ccc2SC)CNC(=O)C[C@@H](/C=C/CCSC(C)=O)OC(=O)[C@H](Cc2ccccc2)NC1=O. The highest BCUT2D eigenvalue weighted by Crippen LogP contribution is 2.26. The molecule has 12 amide bonds. The maximum absolute atomic E-state index is 13.5. The maximum Gasteiger partial charge on any atom is 0.329 e. The van der Waals surface area contributed by atoms with E-state index in [-0.39, 0.29) is 130 Å². The number of amides is 12. The maximum atomic E-state index is 13.5. The molecule has 0 saturated carbocycles. The number of pyridine rings is 4. The first-order chi connectivity index (χ1) is 71.6. The number of esters is 4. The predicted octanol–water partition coefficient (Wildman–Crippen LogP) is 9.62. The molecule has 0 saturated heterocycles. The van der Waals surface area contributed by atoms with Gasteiger partial charge in [0.15, 0.2) is 20.5 Å². The first-order valence-electron chi connectivity index (χ1n) is 47.0. The highest BCUT2D eigenvalue weighted by molar-refractivity contribution is 8.14. The summed E-state index contributed by atoms with van der Waals surface area (Å²) < 4.78 is 22.2. The Hall–Kier alpha value is -13.3.